The van der Waals surface area contributed by atoms with Crippen molar-refractivity contribution in [2.45, 2.75) is 49.7 Å². The fourth-order valence-corrected chi connectivity index (χ4v) is 2.56. The minimum absolute atomic E-state index is 0.0251. The zero-order valence-electron chi connectivity index (χ0n) is 8.67. The fourth-order valence-electron chi connectivity index (χ4n) is 1.87. The van der Waals surface area contributed by atoms with Crippen LogP contribution in [0.25, 0.3) is 0 Å². The third kappa shape index (κ3) is 3.74. The second-order valence-electron chi connectivity index (χ2n) is 4.10. The molecule has 0 aromatic heterocycles. The molecule has 8 heteroatoms. The minimum Gasteiger partial charge on any atom is -0.353 e. The number of alkyl halides is 7. The number of halogens is 7. The average molecular weight is 329 g/mol. The molecule has 0 bridgehead atoms. The summed E-state index contributed by atoms with van der Waals surface area (Å²) in [5.74, 6) is 0. The van der Waals surface area contributed by atoms with E-state index < -0.39 is 24.1 Å². The first-order chi connectivity index (χ1) is 7.61. The lowest BCUT2D eigenvalue weighted by molar-refractivity contribution is -0.341. The maximum atomic E-state index is 12.3. The zero-order chi connectivity index (χ0) is 13.3. The summed E-state index contributed by atoms with van der Waals surface area (Å²) in [6, 6.07) is 0. The number of rotatable bonds is 3. The van der Waals surface area contributed by atoms with Gasteiger partial charge in [-0.25, -0.2) is 0 Å². The highest BCUT2D eigenvalue weighted by molar-refractivity contribution is 9.09. The predicted molar refractivity (Wildman–Crippen MR) is 52.0 cm³/mol. The summed E-state index contributed by atoms with van der Waals surface area (Å²) in [6.07, 6.45) is -13.0. The molecule has 1 rings (SSSR count). The highest BCUT2D eigenvalue weighted by Gasteiger charge is 2.60. The van der Waals surface area contributed by atoms with Gasteiger partial charge in [-0.1, -0.05) is 28.8 Å². The summed E-state index contributed by atoms with van der Waals surface area (Å²) in [5, 5.41) is -0.0251. The van der Waals surface area contributed by atoms with E-state index in [9.17, 15) is 26.3 Å². The van der Waals surface area contributed by atoms with Crippen molar-refractivity contribution < 1.29 is 31.1 Å². The fraction of sp³-hybridized carbons (Fsp3) is 1.00. The molecule has 1 nitrogen and oxygen atoms in total. The highest BCUT2D eigenvalue weighted by atomic mass is 79.9. The van der Waals surface area contributed by atoms with Crippen molar-refractivity contribution in [2.75, 3.05) is 5.33 Å². The van der Waals surface area contributed by atoms with Crippen LogP contribution in [0.2, 0.25) is 0 Å². The third-order valence-electron chi connectivity index (χ3n) is 2.72. The monoisotopic (exact) mass is 328 g/mol. The van der Waals surface area contributed by atoms with Gasteiger partial charge >= 0.3 is 12.4 Å². The number of hydrogen-bond acceptors (Lipinski definition) is 1. The van der Waals surface area contributed by atoms with Gasteiger partial charge in [-0.3, -0.25) is 0 Å². The Morgan fingerprint density at radius 1 is 1.00 bits per heavy atom. The molecule has 1 fully saturated rings. The van der Waals surface area contributed by atoms with Crippen LogP contribution in [-0.4, -0.2) is 29.4 Å². The van der Waals surface area contributed by atoms with Crippen LogP contribution in [0.15, 0.2) is 0 Å². The summed E-state index contributed by atoms with van der Waals surface area (Å²) >= 11 is 2.94. The topological polar surface area (TPSA) is 9.23 Å². The standard InChI is InChI=1S/C9H11BrF6O/c10-5-7(3-1-2-4-7)17-6(8(11,12)13)9(14,15)16/h6H,1-5H2. The molecule has 0 aromatic rings. The van der Waals surface area contributed by atoms with E-state index >= 15 is 0 Å². The second-order valence-corrected chi connectivity index (χ2v) is 4.67. The molecule has 0 amide bonds. The Balaban J connectivity index is 2.86. The van der Waals surface area contributed by atoms with Gasteiger partial charge in [0.25, 0.3) is 0 Å². The molecule has 17 heavy (non-hydrogen) atoms. The van der Waals surface area contributed by atoms with E-state index in [1.54, 1.807) is 0 Å². The van der Waals surface area contributed by atoms with Crippen molar-refractivity contribution in [3.63, 3.8) is 0 Å². The molecule has 0 spiro atoms. The lowest BCUT2D eigenvalue weighted by atomic mass is 10.0. The smallest absolute Gasteiger partial charge is 0.353 e. The molecule has 0 saturated heterocycles. The molecule has 102 valence electrons. The molecular formula is C9H11BrF6O. The molecular weight excluding hydrogens is 318 g/mol. The molecule has 0 N–H and O–H groups in total. The Bertz CT molecular complexity index is 241. The Labute approximate surface area is 103 Å². The molecule has 1 aliphatic rings. The summed E-state index contributed by atoms with van der Waals surface area (Å²) in [6.45, 7) is 0. The second kappa shape index (κ2) is 4.95. The van der Waals surface area contributed by atoms with E-state index in [-0.39, 0.29) is 18.2 Å². The maximum Gasteiger partial charge on any atom is 0.423 e. The van der Waals surface area contributed by atoms with Gasteiger partial charge in [-0.2, -0.15) is 26.3 Å². The first kappa shape index (κ1) is 15.1. The van der Waals surface area contributed by atoms with Gasteiger partial charge in [-0.05, 0) is 12.8 Å². The van der Waals surface area contributed by atoms with Crippen LogP contribution in [0.5, 0.6) is 0 Å². The summed E-state index contributed by atoms with van der Waals surface area (Å²) in [4.78, 5) is 0. The number of hydrogen-bond donors (Lipinski definition) is 0. The lowest BCUT2D eigenvalue weighted by Gasteiger charge is -2.34. The van der Waals surface area contributed by atoms with Crippen LogP contribution in [0.3, 0.4) is 0 Å². The van der Waals surface area contributed by atoms with Crippen LogP contribution in [-0.2, 0) is 4.74 Å². The molecule has 0 radical (unpaired) electrons. The van der Waals surface area contributed by atoms with E-state index in [4.69, 9.17) is 0 Å². The summed E-state index contributed by atoms with van der Waals surface area (Å²) in [5.41, 5.74) is -1.35. The molecule has 0 unspecified atom stereocenters. The van der Waals surface area contributed by atoms with Crippen LogP contribution >= 0.6 is 15.9 Å². The Morgan fingerprint density at radius 2 is 1.41 bits per heavy atom. The molecule has 0 heterocycles. The van der Waals surface area contributed by atoms with E-state index in [1.807, 2.05) is 0 Å². The van der Waals surface area contributed by atoms with Gasteiger partial charge < -0.3 is 4.74 Å². The maximum absolute atomic E-state index is 12.3. The third-order valence-corrected chi connectivity index (χ3v) is 3.74. The SMILES string of the molecule is FC(F)(F)C(OC1(CBr)CCCC1)C(F)(F)F. The molecule has 0 atom stereocenters. The Morgan fingerprint density at radius 3 is 1.71 bits per heavy atom. The molecule has 0 aromatic carbocycles. The van der Waals surface area contributed by atoms with Crippen molar-refractivity contribution in [2.24, 2.45) is 0 Å². The molecule has 0 aliphatic heterocycles. The Hall–Kier alpha value is 0.0200. The lowest BCUT2D eigenvalue weighted by Crippen LogP contribution is -2.50. The summed E-state index contributed by atoms with van der Waals surface area (Å²) in [7, 11) is 0. The van der Waals surface area contributed by atoms with Gasteiger partial charge in [-0.15, -0.1) is 0 Å². The first-order valence-electron chi connectivity index (χ1n) is 4.98. The van der Waals surface area contributed by atoms with E-state index in [0.717, 1.165) is 0 Å². The molecule has 1 saturated carbocycles. The number of ether oxygens (including phenoxy) is 1. The predicted octanol–water partition coefficient (Wildman–Crippen LogP) is 4.20. The van der Waals surface area contributed by atoms with Crippen LogP contribution < -0.4 is 0 Å². The van der Waals surface area contributed by atoms with Crippen molar-refractivity contribution >= 4 is 15.9 Å². The van der Waals surface area contributed by atoms with E-state index in [1.165, 1.54) is 0 Å². The van der Waals surface area contributed by atoms with Crippen molar-refractivity contribution in [1.82, 2.24) is 0 Å². The van der Waals surface area contributed by atoms with Gasteiger partial charge in [0.2, 0.25) is 6.10 Å². The van der Waals surface area contributed by atoms with Crippen LogP contribution in [0, 0.1) is 0 Å². The minimum atomic E-state index is -5.43. The van der Waals surface area contributed by atoms with Crippen LogP contribution in [0.4, 0.5) is 26.3 Å². The van der Waals surface area contributed by atoms with Crippen LogP contribution in [0.1, 0.15) is 25.7 Å². The van der Waals surface area contributed by atoms with Gasteiger partial charge in [0, 0.05) is 5.33 Å². The highest BCUT2D eigenvalue weighted by Crippen LogP contribution is 2.43. The van der Waals surface area contributed by atoms with Gasteiger partial charge in [0.15, 0.2) is 0 Å². The van der Waals surface area contributed by atoms with E-state index in [0.29, 0.717) is 12.8 Å². The first-order valence-corrected chi connectivity index (χ1v) is 6.10. The largest absolute Gasteiger partial charge is 0.423 e. The zero-order valence-corrected chi connectivity index (χ0v) is 10.3. The van der Waals surface area contributed by atoms with Crippen molar-refractivity contribution in [3.8, 4) is 0 Å². The van der Waals surface area contributed by atoms with Crippen molar-refractivity contribution in [1.29, 1.82) is 0 Å². The van der Waals surface area contributed by atoms with Crippen molar-refractivity contribution in [3.05, 3.63) is 0 Å². The molecule has 1 aliphatic carbocycles. The average Bonchev–Trinajstić information content (AvgIpc) is 2.60. The van der Waals surface area contributed by atoms with Gasteiger partial charge in [0.05, 0.1) is 5.60 Å². The normalized spacial score (nSPS) is 21.2. The summed E-state index contributed by atoms with van der Waals surface area (Å²) < 4.78 is 78.3. The quantitative estimate of drug-likeness (QED) is 0.557. The van der Waals surface area contributed by atoms with E-state index in [2.05, 4.69) is 20.7 Å². The Kier molecular flexibility index (Phi) is 4.39. The van der Waals surface area contributed by atoms with Gasteiger partial charge in [0.1, 0.15) is 0 Å².